The molecule has 0 unspecified atom stereocenters. The molecule has 0 aromatic heterocycles. The van der Waals surface area contributed by atoms with Crippen molar-refractivity contribution in [1.82, 2.24) is 5.32 Å². The minimum atomic E-state index is -0.552. The molecule has 0 heterocycles. The van der Waals surface area contributed by atoms with E-state index in [4.69, 9.17) is 14.2 Å². The van der Waals surface area contributed by atoms with Crippen LogP contribution in [-0.4, -0.2) is 44.8 Å². The second kappa shape index (κ2) is 15.3. The number of carbonyl (C=O) groups excluding carboxylic acids is 3. The minimum absolute atomic E-state index is 0.0179. The van der Waals surface area contributed by atoms with Crippen molar-refractivity contribution < 1.29 is 28.6 Å². The maximum absolute atomic E-state index is 13.5. The van der Waals surface area contributed by atoms with E-state index in [1.54, 1.807) is 54.6 Å². The number of amides is 3. The van der Waals surface area contributed by atoms with Crippen molar-refractivity contribution >= 4 is 46.9 Å². The zero-order valence-corrected chi connectivity index (χ0v) is 25.6. The molecule has 0 radical (unpaired) electrons. The number of aryl methyl sites for hydroxylation is 1. The van der Waals surface area contributed by atoms with Gasteiger partial charge >= 0.3 is 0 Å². The van der Waals surface area contributed by atoms with Crippen molar-refractivity contribution in [2.45, 2.75) is 11.8 Å². The zero-order chi connectivity index (χ0) is 31.5. The van der Waals surface area contributed by atoms with Crippen molar-refractivity contribution in [3.05, 3.63) is 113 Å². The first-order valence-electron chi connectivity index (χ1n) is 13.6. The summed E-state index contributed by atoms with van der Waals surface area (Å²) in [4.78, 5) is 39.8. The van der Waals surface area contributed by atoms with E-state index in [1.165, 1.54) is 39.2 Å². The summed E-state index contributed by atoms with van der Waals surface area (Å²) in [5.74, 6) is 0.393. The van der Waals surface area contributed by atoms with Gasteiger partial charge in [0.15, 0.2) is 11.5 Å². The van der Waals surface area contributed by atoms with Crippen molar-refractivity contribution in [2.75, 3.05) is 37.7 Å². The van der Waals surface area contributed by atoms with Gasteiger partial charge in [-0.2, -0.15) is 0 Å². The van der Waals surface area contributed by atoms with Crippen LogP contribution < -0.4 is 30.2 Å². The Bertz CT molecular complexity index is 1660. The van der Waals surface area contributed by atoms with Crippen LogP contribution in [-0.2, 0) is 9.59 Å². The van der Waals surface area contributed by atoms with Crippen molar-refractivity contribution in [3.63, 3.8) is 0 Å². The Balaban J connectivity index is 1.51. The van der Waals surface area contributed by atoms with E-state index in [-0.39, 0.29) is 17.4 Å². The molecule has 0 aliphatic carbocycles. The second-order valence-corrected chi connectivity index (χ2v) is 10.5. The lowest BCUT2D eigenvalue weighted by Gasteiger charge is -2.15. The molecule has 226 valence electrons. The van der Waals surface area contributed by atoms with Crippen molar-refractivity contribution in [1.29, 1.82) is 0 Å². The average Bonchev–Trinajstić information content (AvgIpc) is 3.05. The molecule has 4 aromatic carbocycles. The van der Waals surface area contributed by atoms with Crippen LogP contribution >= 0.6 is 11.8 Å². The second-order valence-electron chi connectivity index (χ2n) is 9.46. The lowest BCUT2D eigenvalue weighted by atomic mass is 10.1. The van der Waals surface area contributed by atoms with E-state index in [9.17, 15) is 14.4 Å². The van der Waals surface area contributed by atoms with Crippen LogP contribution in [0.2, 0.25) is 0 Å². The molecule has 0 spiro atoms. The number of methoxy groups -OCH3 is 3. The highest BCUT2D eigenvalue weighted by Crippen LogP contribution is 2.35. The highest BCUT2D eigenvalue weighted by atomic mass is 32.2. The monoisotopic (exact) mass is 611 g/mol. The molecule has 0 aliphatic heterocycles. The Morgan fingerprint density at radius 2 is 1.39 bits per heavy atom. The molecule has 10 heteroatoms. The summed E-state index contributed by atoms with van der Waals surface area (Å²) in [6.07, 6.45) is 1.51. The quantitative estimate of drug-likeness (QED) is 0.130. The number of para-hydroxylation sites is 1. The van der Waals surface area contributed by atoms with E-state index in [0.29, 0.717) is 34.1 Å². The van der Waals surface area contributed by atoms with Crippen LogP contribution in [0.1, 0.15) is 21.5 Å². The molecule has 0 fully saturated rings. The number of hydrogen-bond acceptors (Lipinski definition) is 7. The summed E-state index contributed by atoms with van der Waals surface area (Å²) in [7, 11) is 4.50. The smallest absolute Gasteiger partial charge is 0.272 e. The topological polar surface area (TPSA) is 115 Å². The molecule has 0 bridgehead atoms. The van der Waals surface area contributed by atoms with Crippen molar-refractivity contribution in [3.8, 4) is 17.2 Å². The van der Waals surface area contributed by atoms with Gasteiger partial charge in [-0.15, -0.1) is 11.8 Å². The molecule has 4 aromatic rings. The number of rotatable bonds is 12. The van der Waals surface area contributed by atoms with Crippen LogP contribution in [0.4, 0.5) is 11.4 Å². The number of benzene rings is 4. The fraction of sp³-hybridized carbons (Fsp3) is 0.147. The van der Waals surface area contributed by atoms with E-state index in [2.05, 4.69) is 16.0 Å². The van der Waals surface area contributed by atoms with E-state index in [0.717, 1.165) is 16.1 Å². The molecule has 3 N–H and O–H groups in total. The summed E-state index contributed by atoms with van der Waals surface area (Å²) in [6.45, 7) is 1.94. The predicted molar refractivity (Wildman–Crippen MR) is 174 cm³/mol. The Kier molecular flexibility index (Phi) is 11.0. The molecular formula is C34H33N3O6S. The summed E-state index contributed by atoms with van der Waals surface area (Å²) >= 11 is 1.38. The summed E-state index contributed by atoms with van der Waals surface area (Å²) in [5.41, 5.74) is 3.13. The van der Waals surface area contributed by atoms with Crippen LogP contribution in [0.3, 0.4) is 0 Å². The number of thioether (sulfide) groups is 1. The van der Waals surface area contributed by atoms with Gasteiger partial charge in [-0.25, -0.2) is 0 Å². The Morgan fingerprint density at radius 1 is 0.750 bits per heavy atom. The molecular weight excluding hydrogens is 578 g/mol. The van der Waals surface area contributed by atoms with Crippen LogP contribution in [0.25, 0.3) is 6.08 Å². The molecule has 9 nitrogen and oxygen atoms in total. The zero-order valence-electron chi connectivity index (χ0n) is 24.8. The van der Waals surface area contributed by atoms with Crippen LogP contribution in [0.5, 0.6) is 17.2 Å². The molecule has 0 saturated carbocycles. The number of nitrogens with one attached hydrogen (secondary N) is 3. The van der Waals surface area contributed by atoms with E-state index in [1.807, 2.05) is 43.3 Å². The predicted octanol–water partition coefficient (Wildman–Crippen LogP) is 6.16. The Hall–Kier alpha value is -5.22. The first kappa shape index (κ1) is 31.7. The Morgan fingerprint density at radius 3 is 2.05 bits per heavy atom. The van der Waals surface area contributed by atoms with Crippen LogP contribution in [0, 0.1) is 6.92 Å². The van der Waals surface area contributed by atoms with E-state index >= 15 is 0 Å². The lowest BCUT2D eigenvalue weighted by Crippen LogP contribution is -2.30. The Labute approximate surface area is 260 Å². The fourth-order valence-electron chi connectivity index (χ4n) is 4.14. The van der Waals surface area contributed by atoms with Gasteiger partial charge in [-0.05, 0) is 67.1 Å². The van der Waals surface area contributed by atoms with Gasteiger partial charge in [0.2, 0.25) is 5.91 Å². The molecule has 0 atom stereocenters. The first-order valence-corrected chi connectivity index (χ1v) is 14.6. The largest absolute Gasteiger partial charge is 0.496 e. The average molecular weight is 612 g/mol. The third-order valence-corrected chi connectivity index (χ3v) is 7.48. The van der Waals surface area contributed by atoms with Gasteiger partial charge < -0.3 is 30.2 Å². The van der Waals surface area contributed by atoms with Gasteiger partial charge in [0, 0.05) is 33.5 Å². The summed E-state index contributed by atoms with van der Waals surface area (Å²) < 4.78 is 16.3. The third-order valence-electron chi connectivity index (χ3n) is 6.47. The normalized spacial score (nSPS) is 10.9. The molecule has 0 saturated heterocycles. The third kappa shape index (κ3) is 8.42. The van der Waals surface area contributed by atoms with Gasteiger partial charge in [-0.1, -0.05) is 36.4 Å². The van der Waals surface area contributed by atoms with E-state index < -0.39 is 11.8 Å². The van der Waals surface area contributed by atoms with Gasteiger partial charge in [-0.3, -0.25) is 14.4 Å². The van der Waals surface area contributed by atoms with Gasteiger partial charge in [0.25, 0.3) is 11.8 Å². The maximum Gasteiger partial charge on any atom is 0.272 e. The highest BCUT2D eigenvalue weighted by molar-refractivity contribution is 8.00. The number of hydrogen-bond donors (Lipinski definition) is 3. The van der Waals surface area contributed by atoms with Crippen LogP contribution in [0.15, 0.2) is 102 Å². The highest BCUT2D eigenvalue weighted by Gasteiger charge is 2.18. The summed E-state index contributed by atoms with van der Waals surface area (Å²) in [5, 5.41) is 8.47. The summed E-state index contributed by atoms with van der Waals surface area (Å²) in [6, 6.07) is 26.5. The molecule has 4 rings (SSSR count). The number of carbonyl (C=O) groups is 3. The fourth-order valence-corrected chi connectivity index (χ4v) is 4.84. The number of ether oxygens (including phenoxy) is 3. The maximum atomic E-state index is 13.5. The van der Waals surface area contributed by atoms with Gasteiger partial charge in [0.1, 0.15) is 11.4 Å². The molecule has 44 heavy (non-hydrogen) atoms. The standard InChI is InChI=1S/C34H33N3O6S/c1-22-10-8-9-13-27(22)36-32(38)21-44-26-16-14-25(15-17-26)35-34(40)28(37-33(39)23-11-6-5-7-12-23)18-24-19-30(42-3)31(43-4)20-29(24)41-2/h5-20H,21H2,1-4H3,(H,35,40)(H,36,38)(H,37,39)/b28-18-. The van der Waals surface area contributed by atoms with Gasteiger partial charge in [0.05, 0.1) is 27.1 Å². The molecule has 0 aliphatic rings. The lowest BCUT2D eigenvalue weighted by molar-refractivity contribution is -0.114. The SMILES string of the molecule is COc1cc(OC)c(OC)cc1/C=C(\NC(=O)c1ccccc1)C(=O)Nc1ccc(SCC(=O)Nc2ccccc2C)cc1. The number of anilines is 2. The molecule has 3 amide bonds. The minimum Gasteiger partial charge on any atom is -0.496 e. The van der Waals surface area contributed by atoms with Crippen molar-refractivity contribution in [2.24, 2.45) is 0 Å². The first-order chi connectivity index (χ1) is 21.3.